The molecule has 6 heteroatoms. The number of hydrogen-bond acceptors (Lipinski definition) is 6. The summed E-state index contributed by atoms with van der Waals surface area (Å²) in [4.78, 5) is 24.0. The van der Waals surface area contributed by atoms with Crippen molar-refractivity contribution >= 4 is 32.8 Å². The molecular formula is C53H33N5O. The van der Waals surface area contributed by atoms with Gasteiger partial charge in [-0.25, -0.2) is 24.9 Å². The van der Waals surface area contributed by atoms with Gasteiger partial charge in [0.1, 0.15) is 17.5 Å². The molecule has 0 unspecified atom stereocenters. The van der Waals surface area contributed by atoms with E-state index in [1.54, 1.807) is 6.33 Å². The number of fused-ring (bicyclic) bond motifs is 5. The Morgan fingerprint density at radius 2 is 0.847 bits per heavy atom. The normalized spacial score (nSPS) is 11.4. The van der Waals surface area contributed by atoms with Crippen LogP contribution in [0.15, 0.2) is 205 Å². The van der Waals surface area contributed by atoms with E-state index in [0.717, 1.165) is 88.5 Å². The van der Waals surface area contributed by atoms with E-state index in [2.05, 4.69) is 143 Å². The Hall–Kier alpha value is -8.09. The molecule has 6 nitrogen and oxygen atoms in total. The van der Waals surface area contributed by atoms with E-state index in [9.17, 15) is 0 Å². The minimum Gasteiger partial charge on any atom is -0.455 e. The van der Waals surface area contributed by atoms with Gasteiger partial charge in [0.2, 0.25) is 0 Å². The van der Waals surface area contributed by atoms with Crippen LogP contribution in [0.1, 0.15) is 0 Å². The van der Waals surface area contributed by atoms with Crippen molar-refractivity contribution in [3.05, 3.63) is 201 Å². The van der Waals surface area contributed by atoms with E-state index in [1.807, 2.05) is 60.8 Å². The van der Waals surface area contributed by atoms with Gasteiger partial charge < -0.3 is 4.42 Å². The third kappa shape index (κ3) is 6.39. The molecule has 11 aromatic rings. The molecule has 11 rings (SSSR count). The fourth-order valence-electron chi connectivity index (χ4n) is 7.91. The van der Waals surface area contributed by atoms with Gasteiger partial charge in [-0.05, 0) is 63.2 Å². The third-order valence-electron chi connectivity index (χ3n) is 10.9. The standard InChI is InChI=1S/C53H33N5O/c1-3-11-34(12-4-1)35-23-27-39(28-24-35)52-56-51(38-13-5-2-6-14-38)57-53(58-52)43-18-10-17-42(30-43)41-16-9-15-40(29-41)36-21-25-37(26-22-36)46-31-44-32-54-33-55-49(44)48-45-19-7-8-20-47(45)59-50(46)48/h1-33H. The summed E-state index contributed by atoms with van der Waals surface area (Å²) in [6.45, 7) is 0. The smallest absolute Gasteiger partial charge is 0.164 e. The van der Waals surface area contributed by atoms with Gasteiger partial charge >= 0.3 is 0 Å². The fourth-order valence-corrected chi connectivity index (χ4v) is 7.91. The third-order valence-corrected chi connectivity index (χ3v) is 10.9. The van der Waals surface area contributed by atoms with Crippen molar-refractivity contribution in [2.24, 2.45) is 0 Å². The van der Waals surface area contributed by atoms with E-state index in [1.165, 1.54) is 5.56 Å². The monoisotopic (exact) mass is 755 g/mol. The number of benzene rings is 8. The second-order valence-electron chi connectivity index (χ2n) is 14.5. The van der Waals surface area contributed by atoms with Crippen LogP contribution < -0.4 is 0 Å². The Labute approximate surface area is 340 Å². The van der Waals surface area contributed by atoms with Crippen LogP contribution in [-0.2, 0) is 0 Å². The van der Waals surface area contributed by atoms with Gasteiger partial charge in [-0.3, -0.25) is 0 Å². The van der Waals surface area contributed by atoms with Crippen LogP contribution in [0.2, 0.25) is 0 Å². The molecule has 0 spiro atoms. The molecule has 8 aromatic carbocycles. The van der Waals surface area contributed by atoms with E-state index >= 15 is 0 Å². The van der Waals surface area contributed by atoms with Crippen LogP contribution in [0.5, 0.6) is 0 Å². The second-order valence-corrected chi connectivity index (χ2v) is 14.5. The lowest BCUT2D eigenvalue weighted by molar-refractivity contribution is 0.670. The average molecular weight is 756 g/mol. The molecule has 0 atom stereocenters. The van der Waals surface area contributed by atoms with Gasteiger partial charge in [0, 0.05) is 39.2 Å². The number of hydrogen-bond donors (Lipinski definition) is 0. The predicted octanol–water partition coefficient (Wildman–Crippen LogP) is 13.4. The first-order valence-corrected chi connectivity index (χ1v) is 19.5. The number of furan rings is 1. The minimum absolute atomic E-state index is 0.619. The van der Waals surface area contributed by atoms with Crippen molar-refractivity contribution in [2.75, 3.05) is 0 Å². The molecule has 0 amide bonds. The molecule has 0 saturated heterocycles. The lowest BCUT2D eigenvalue weighted by Crippen LogP contribution is -2.00. The molecule has 0 saturated carbocycles. The molecule has 3 aromatic heterocycles. The van der Waals surface area contributed by atoms with Crippen molar-refractivity contribution in [3.63, 3.8) is 0 Å². The Kier molecular flexibility index (Phi) is 8.37. The molecule has 0 aliphatic rings. The van der Waals surface area contributed by atoms with Gasteiger partial charge in [0.15, 0.2) is 17.5 Å². The highest BCUT2D eigenvalue weighted by Gasteiger charge is 2.18. The number of aromatic nitrogens is 5. The Morgan fingerprint density at radius 3 is 1.54 bits per heavy atom. The van der Waals surface area contributed by atoms with E-state index in [4.69, 9.17) is 19.4 Å². The molecule has 0 fully saturated rings. The van der Waals surface area contributed by atoms with Gasteiger partial charge in [0.25, 0.3) is 0 Å². The first-order chi connectivity index (χ1) is 29.2. The van der Waals surface area contributed by atoms with E-state index in [0.29, 0.717) is 17.5 Å². The first kappa shape index (κ1) is 34.2. The van der Waals surface area contributed by atoms with Crippen molar-refractivity contribution in [3.8, 4) is 78.7 Å². The molecule has 0 bridgehead atoms. The fraction of sp³-hybridized carbons (Fsp3) is 0. The van der Waals surface area contributed by atoms with Crippen LogP contribution in [-0.4, -0.2) is 24.9 Å². The molecule has 276 valence electrons. The number of rotatable bonds is 7. The van der Waals surface area contributed by atoms with Crippen molar-refractivity contribution in [1.82, 2.24) is 24.9 Å². The summed E-state index contributed by atoms with van der Waals surface area (Å²) in [6.07, 6.45) is 3.47. The quantitative estimate of drug-likeness (QED) is 0.161. The summed E-state index contributed by atoms with van der Waals surface area (Å²) in [5, 5.41) is 3.03. The molecular weight excluding hydrogens is 723 g/mol. The SMILES string of the molecule is c1ccc(-c2ccc(-c3nc(-c4ccccc4)nc(-c4cccc(-c5cccc(-c6ccc(-c7cc8cncnc8c8c7oc7ccccc78)cc6)c5)c4)n3)cc2)cc1. The maximum Gasteiger partial charge on any atom is 0.164 e. The maximum atomic E-state index is 6.47. The molecule has 3 heterocycles. The van der Waals surface area contributed by atoms with Crippen LogP contribution in [0.4, 0.5) is 0 Å². The zero-order chi connectivity index (χ0) is 39.1. The summed E-state index contributed by atoms with van der Waals surface area (Å²) < 4.78 is 6.47. The molecule has 0 aliphatic carbocycles. The maximum absolute atomic E-state index is 6.47. The van der Waals surface area contributed by atoms with Crippen molar-refractivity contribution < 1.29 is 4.42 Å². The molecule has 0 radical (unpaired) electrons. The zero-order valence-electron chi connectivity index (χ0n) is 31.7. The highest BCUT2D eigenvalue weighted by atomic mass is 16.3. The van der Waals surface area contributed by atoms with E-state index < -0.39 is 0 Å². The summed E-state index contributed by atoms with van der Waals surface area (Å²) in [5.74, 6) is 1.88. The van der Waals surface area contributed by atoms with Gasteiger partial charge in [-0.2, -0.15) is 0 Å². The van der Waals surface area contributed by atoms with Gasteiger partial charge in [-0.1, -0.05) is 164 Å². The summed E-state index contributed by atoms with van der Waals surface area (Å²) in [5.41, 5.74) is 14.1. The van der Waals surface area contributed by atoms with E-state index in [-0.39, 0.29) is 0 Å². The number of para-hydroxylation sites is 1. The largest absolute Gasteiger partial charge is 0.455 e. The van der Waals surface area contributed by atoms with Gasteiger partial charge in [0.05, 0.1) is 10.9 Å². The van der Waals surface area contributed by atoms with Crippen molar-refractivity contribution in [1.29, 1.82) is 0 Å². The van der Waals surface area contributed by atoms with Crippen LogP contribution >= 0.6 is 0 Å². The van der Waals surface area contributed by atoms with Crippen molar-refractivity contribution in [2.45, 2.75) is 0 Å². The Morgan fingerprint density at radius 1 is 0.373 bits per heavy atom. The van der Waals surface area contributed by atoms with Gasteiger partial charge in [-0.15, -0.1) is 0 Å². The topological polar surface area (TPSA) is 77.6 Å². The Bertz CT molecular complexity index is 3310. The summed E-state index contributed by atoms with van der Waals surface area (Å²) >= 11 is 0. The zero-order valence-corrected chi connectivity index (χ0v) is 31.7. The molecule has 59 heavy (non-hydrogen) atoms. The Balaban J connectivity index is 0.933. The number of nitrogens with zero attached hydrogens (tertiary/aromatic N) is 5. The first-order valence-electron chi connectivity index (χ1n) is 19.5. The second kappa shape index (κ2) is 14.4. The predicted molar refractivity (Wildman–Crippen MR) is 238 cm³/mol. The summed E-state index contributed by atoms with van der Waals surface area (Å²) in [6, 6.07) is 64.9. The lowest BCUT2D eigenvalue weighted by atomic mass is 9.95. The molecule has 0 aliphatic heterocycles. The van der Waals surface area contributed by atoms with Crippen LogP contribution in [0.25, 0.3) is 112 Å². The highest BCUT2D eigenvalue weighted by molar-refractivity contribution is 6.21. The van der Waals surface area contributed by atoms with Crippen LogP contribution in [0.3, 0.4) is 0 Å². The molecule has 0 N–H and O–H groups in total. The highest BCUT2D eigenvalue weighted by Crippen LogP contribution is 2.41. The minimum atomic E-state index is 0.619. The average Bonchev–Trinajstić information content (AvgIpc) is 3.72. The lowest BCUT2D eigenvalue weighted by Gasteiger charge is -2.11. The summed E-state index contributed by atoms with van der Waals surface area (Å²) in [7, 11) is 0. The van der Waals surface area contributed by atoms with Crippen LogP contribution in [0, 0.1) is 0 Å².